The van der Waals surface area contributed by atoms with E-state index in [1.54, 1.807) is 0 Å². The highest BCUT2D eigenvalue weighted by Gasteiger charge is 2.43. The second kappa shape index (κ2) is 7.63. The minimum Gasteiger partial charge on any atom is -0.378 e. The van der Waals surface area contributed by atoms with Crippen molar-refractivity contribution in [3.63, 3.8) is 0 Å². The Morgan fingerprint density at radius 2 is 1.67 bits per heavy atom. The summed E-state index contributed by atoms with van der Waals surface area (Å²) in [4.78, 5) is 12.5. The largest absolute Gasteiger partial charge is 0.378 e. The van der Waals surface area contributed by atoms with Gasteiger partial charge in [0.1, 0.15) is 6.04 Å². The van der Waals surface area contributed by atoms with Crippen molar-refractivity contribution < 1.29 is 9.53 Å². The first-order valence-corrected chi connectivity index (χ1v) is 9.59. The lowest BCUT2D eigenvalue weighted by Gasteiger charge is -2.45. The van der Waals surface area contributed by atoms with Gasteiger partial charge in [-0.1, -0.05) is 48.5 Å². The maximum absolute atomic E-state index is 12.5. The second-order valence-electron chi connectivity index (χ2n) is 7.61. The molecule has 0 radical (unpaired) electrons. The second-order valence-corrected chi connectivity index (χ2v) is 7.61. The molecule has 0 spiro atoms. The molecule has 2 aromatic carbocycles. The molecule has 2 unspecified atom stereocenters. The highest BCUT2D eigenvalue weighted by atomic mass is 35.5. The minimum atomic E-state index is -0.218. The van der Waals surface area contributed by atoms with Crippen molar-refractivity contribution in [2.45, 2.75) is 24.3 Å². The van der Waals surface area contributed by atoms with Gasteiger partial charge in [0, 0.05) is 24.9 Å². The van der Waals surface area contributed by atoms with Crippen LogP contribution in [0.5, 0.6) is 0 Å². The number of hydrogen-bond donors (Lipinski definition) is 2. The van der Waals surface area contributed by atoms with E-state index in [1.165, 1.54) is 22.3 Å². The van der Waals surface area contributed by atoms with Crippen LogP contribution in [0.25, 0.3) is 0 Å². The van der Waals surface area contributed by atoms with E-state index in [4.69, 9.17) is 4.74 Å². The number of nitrogens with one attached hydrogen (secondary N) is 2. The summed E-state index contributed by atoms with van der Waals surface area (Å²) >= 11 is 0. The average molecular weight is 385 g/mol. The standard InChI is InChI=1S/C22H24N2O2.ClH/c25-22(20-13-26-10-9-23-20)24-12-14-11-19-15-5-1-3-7-17(15)21(14)18-8-4-2-6-16(18)19;/h1-8,14,19-21,23H,9-13H2,(H,24,25);1H. The average Bonchev–Trinajstić information content (AvgIpc) is 2.73. The molecule has 4 nitrogen and oxygen atoms in total. The van der Waals surface area contributed by atoms with E-state index in [-0.39, 0.29) is 24.4 Å². The van der Waals surface area contributed by atoms with Crippen molar-refractivity contribution in [3.8, 4) is 0 Å². The van der Waals surface area contributed by atoms with E-state index in [0.717, 1.165) is 19.5 Å². The Hall–Kier alpha value is -1.88. The van der Waals surface area contributed by atoms with E-state index in [1.807, 2.05) is 0 Å². The summed E-state index contributed by atoms with van der Waals surface area (Å²) in [6.07, 6.45) is 1.10. The van der Waals surface area contributed by atoms with Crippen LogP contribution >= 0.6 is 12.4 Å². The van der Waals surface area contributed by atoms with Crippen LogP contribution in [0.4, 0.5) is 0 Å². The lowest BCUT2D eigenvalue weighted by molar-refractivity contribution is -0.126. The normalized spacial score (nSPS) is 27.9. The lowest BCUT2D eigenvalue weighted by atomic mass is 9.59. The number of rotatable bonds is 3. The first-order chi connectivity index (χ1) is 12.8. The molecule has 0 aromatic heterocycles. The van der Waals surface area contributed by atoms with Gasteiger partial charge in [0.2, 0.25) is 5.91 Å². The minimum absolute atomic E-state index is 0. The van der Waals surface area contributed by atoms with Crippen LogP contribution in [0.1, 0.15) is 40.5 Å². The van der Waals surface area contributed by atoms with Gasteiger partial charge in [0.25, 0.3) is 0 Å². The van der Waals surface area contributed by atoms with Crippen LogP contribution in [0.15, 0.2) is 48.5 Å². The fourth-order valence-corrected chi connectivity index (χ4v) is 5.05. The van der Waals surface area contributed by atoms with Crippen LogP contribution in [-0.4, -0.2) is 38.3 Å². The number of hydrogen-bond acceptors (Lipinski definition) is 3. The van der Waals surface area contributed by atoms with Crippen molar-refractivity contribution in [2.75, 3.05) is 26.3 Å². The molecule has 27 heavy (non-hydrogen) atoms. The fraction of sp³-hybridized carbons (Fsp3) is 0.409. The Balaban J connectivity index is 0.00000180. The van der Waals surface area contributed by atoms with E-state index >= 15 is 0 Å². The summed E-state index contributed by atoms with van der Waals surface area (Å²) in [6, 6.07) is 17.5. The Morgan fingerprint density at radius 1 is 1.04 bits per heavy atom. The zero-order chi connectivity index (χ0) is 17.5. The van der Waals surface area contributed by atoms with Gasteiger partial charge >= 0.3 is 0 Å². The summed E-state index contributed by atoms with van der Waals surface area (Å²) in [6.45, 7) is 2.62. The number of ether oxygens (including phenoxy) is 1. The Labute approximate surface area is 166 Å². The highest BCUT2D eigenvalue weighted by Crippen LogP contribution is 2.55. The van der Waals surface area contributed by atoms with Crippen molar-refractivity contribution in [1.29, 1.82) is 0 Å². The molecule has 3 aliphatic carbocycles. The predicted octanol–water partition coefficient (Wildman–Crippen LogP) is 2.81. The lowest BCUT2D eigenvalue weighted by Crippen LogP contribution is -2.52. The molecule has 1 fully saturated rings. The summed E-state index contributed by atoms with van der Waals surface area (Å²) in [5.74, 6) is 1.33. The molecule has 2 aromatic rings. The topological polar surface area (TPSA) is 50.4 Å². The third-order valence-corrected chi connectivity index (χ3v) is 6.20. The number of carbonyl (C=O) groups excluding carboxylic acids is 1. The molecular weight excluding hydrogens is 360 g/mol. The third kappa shape index (κ3) is 3.16. The first-order valence-electron chi connectivity index (χ1n) is 9.59. The quantitative estimate of drug-likeness (QED) is 0.855. The zero-order valence-electron chi connectivity index (χ0n) is 15.2. The van der Waals surface area contributed by atoms with Gasteiger partial charge < -0.3 is 15.4 Å². The fourth-order valence-electron chi connectivity index (χ4n) is 5.05. The van der Waals surface area contributed by atoms with E-state index in [9.17, 15) is 4.79 Å². The smallest absolute Gasteiger partial charge is 0.239 e. The number of carbonyl (C=O) groups is 1. The monoisotopic (exact) mass is 384 g/mol. The molecule has 1 aliphatic heterocycles. The molecule has 2 N–H and O–H groups in total. The van der Waals surface area contributed by atoms with E-state index < -0.39 is 0 Å². The zero-order valence-corrected chi connectivity index (χ0v) is 16.0. The van der Waals surface area contributed by atoms with Gasteiger partial charge in [-0.15, -0.1) is 12.4 Å². The van der Waals surface area contributed by atoms with Crippen LogP contribution < -0.4 is 10.6 Å². The van der Waals surface area contributed by atoms with Gasteiger partial charge in [-0.3, -0.25) is 4.79 Å². The summed E-state index contributed by atoms with van der Waals surface area (Å²) in [7, 11) is 0. The SMILES string of the molecule is Cl.O=C(NCC1CC2c3ccccc3C1c1ccccc12)C1COCCN1. The highest BCUT2D eigenvalue weighted by molar-refractivity contribution is 5.85. The van der Waals surface area contributed by atoms with Crippen molar-refractivity contribution in [1.82, 2.24) is 10.6 Å². The molecule has 1 heterocycles. The summed E-state index contributed by atoms with van der Waals surface area (Å²) < 4.78 is 5.41. The summed E-state index contributed by atoms with van der Waals surface area (Å²) in [5.41, 5.74) is 5.84. The van der Waals surface area contributed by atoms with Crippen LogP contribution in [0.2, 0.25) is 0 Å². The van der Waals surface area contributed by atoms with Crippen LogP contribution in [0, 0.1) is 5.92 Å². The molecule has 5 heteroatoms. The van der Waals surface area contributed by atoms with E-state index in [2.05, 4.69) is 59.2 Å². The molecule has 2 bridgehead atoms. The molecule has 1 saturated heterocycles. The molecule has 6 rings (SSSR count). The Morgan fingerprint density at radius 3 is 2.26 bits per heavy atom. The Bertz CT molecular complexity index is 787. The molecule has 142 valence electrons. The summed E-state index contributed by atoms with van der Waals surface area (Å²) in [5, 5.41) is 6.42. The van der Waals surface area contributed by atoms with Crippen LogP contribution in [-0.2, 0) is 9.53 Å². The molecular formula is C22H25ClN2O2. The molecule has 1 amide bonds. The van der Waals surface area contributed by atoms with Gasteiger partial charge in [-0.05, 0) is 34.6 Å². The maximum atomic E-state index is 12.5. The Kier molecular flexibility index (Phi) is 5.22. The van der Waals surface area contributed by atoms with E-state index in [0.29, 0.717) is 31.0 Å². The van der Waals surface area contributed by atoms with Crippen molar-refractivity contribution >= 4 is 18.3 Å². The van der Waals surface area contributed by atoms with Gasteiger partial charge in [-0.25, -0.2) is 0 Å². The number of amides is 1. The third-order valence-electron chi connectivity index (χ3n) is 6.20. The van der Waals surface area contributed by atoms with Crippen LogP contribution in [0.3, 0.4) is 0 Å². The van der Waals surface area contributed by atoms with Gasteiger partial charge in [0.05, 0.1) is 13.2 Å². The van der Waals surface area contributed by atoms with Crippen molar-refractivity contribution in [3.05, 3.63) is 70.8 Å². The number of morpholine rings is 1. The van der Waals surface area contributed by atoms with Gasteiger partial charge in [0.15, 0.2) is 0 Å². The maximum Gasteiger partial charge on any atom is 0.239 e. The van der Waals surface area contributed by atoms with Crippen molar-refractivity contribution in [2.24, 2.45) is 5.92 Å². The van der Waals surface area contributed by atoms with Gasteiger partial charge in [-0.2, -0.15) is 0 Å². The molecule has 2 atom stereocenters. The first kappa shape index (κ1) is 18.5. The predicted molar refractivity (Wildman–Crippen MR) is 108 cm³/mol. The number of fused-ring (bicyclic) bond motifs is 1. The number of benzene rings is 2. The molecule has 0 saturated carbocycles. The number of halogens is 1. The molecule has 4 aliphatic rings.